The number of para-hydroxylation sites is 1. The van der Waals surface area contributed by atoms with E-state index in [0.717, 1.165) is 43.5 Å². The van der Waals surface area contributed by atoms with E-state index in [1.54, 1.807) is 14.2 Å². The van der Waals surface area contributed by atoms with Gasteiger partial charge in [0, 0.05) is 43.8 Å². The molecule has 0 aliphatic carbocycles. The van der Waals surface area contributed by atoms with Crippen molar-refractivity contribution in [3.63, 3.8) is 0 Å². The largest absolute Gasteiger partial charge is 0.493 e. The average Bonchev–Trinajstić information content (AvgIpc) is 3.25. The molecule has 2 aromatic carbocycles. The molecule has 0 bridgehead atoms. The van der Waals surface area contributed by atoms with E-state index < -0.39 is 0 Å². The molecule has 1 heterocycles. The molecule has 1 atom stereocenters. The second-order valence-corrected chi connectivity index (χ2v) is 8.29. The van der Waals surface area contributed by atoms with Crippen LogP contribution in [0.2, 0.25) is 0 Å². The highest BCUT2D eigenvalue weighted by Crippen LogP contribution is 2.32. The summed E-state index contributed by atoms with van der Waals surface area (Å²) >= 11 is 0. The van der Waals surface area contributed by atoms with Gasteiger partial charge in [0.1, 0.15) is 0 Å². The maximum Gasteiger partial charge on any atom is 0.191 e. The Morgan fingerprint density at radius 3 is 2.50 bits per heavy atom. The number of benzene rings is 2. The van der Waals surface area contributed by atoms with Crippen LogP contribution in [0.15, 0.2) is 53.5 Å². The predicted molar refractivity (Wildman–Crippen MR) is 124 cm³/mol. The van der Waals surface area contributed by atoms with E-state index in [9.17, 15) is 0 Å². The Kier molecular flexibility index (Phi) is 7.08. The summed E-state index contributed by atoms with van der Waals surface area (Å²) in [5.74, 6) is 2.33. The van der Waals surface area contributed by atoms with E-state index in [-0.39, 0.29) is 5.41 Å². The molecular formula is C24H34N4O2. The van der Waals surface area contributed by atoms with Crippen molar-refractivity contribution in [1.82, 2.24) is 10.6 Å². The molecule has 0 aromatic heterocycles. The number of nitrogens with one attached hydrogen (secondary N) is 2. The predicted octanol–water partition coefficient (Wildman–Crippen LogP) is 3.43. The molecule has 0 saturated carbocycles. The fourth-order valence-electron chi connectivity index (χ4n) is 3.80. The van der Waals surface area contributed by atoms with Crippen LogP contribution in [-0.4, -0.2) is 52.9 Å². The van der Waals surface area contributed by atoms with Crippen LogP contribution in [0.25, 0.3) is 0 Å². The van der Waals surface area contributed by atoms with E-state index >= 15 is 0 Å². The highest BCUT2D eigenvalue weighted by Gasteiger charge is 2.25. The minimum absolute atomic E-state index is 0.108. The van der Waals surface area contributed by atoms with Gasteiger partial charge in [0.25, 0.3) is 0 Å². The highest BCUT2D eigenvalue weighted by molar-refractivity contribution is 5.80. The Bertz CT molecular complexity index is 852. The Balaban J connectivity index is 1.57. The summed E-state index contributed by atoms with van der Waals surface area (Å²) in [6.45, 7) is 7.19. The summed E-state index contributed by atoms with van der Waals surface area (Å²) in [7, 11) is 5.14. The lowest BCUT2D eigenvalue weighted by atomic mass is 9.84. The molecule has 2 aromatic rings. The SMILES string of the molecule is CN=C(NCC(C)(C)c1ccc(OC)c(OC)c1)NC1CCN(c2ccccc2)C1. The second-order valence-electron chi connectivity index (χ2n) is 8.29. The van der Waals surface area contributed by atoms with Crippen LogP contribution < -0.4 is 25.0 Å². The normalized spacial score (nSPS) is 17.0. The number of methoxy groups -OCH3 is 2. The molecule has 3 rings (SSSR count). The number of hydrogen-bond acceptors (Lipinski definition) is 4. The first-order valence-electron chi connectivity index (χ1n) is 10.5. The molecule has 0 amide bonds. The molecule has 1 unspecified atom stereocenters. The molecule has 0 spiro atoms. The lowest BCUT2D eigenvalue weighted by Crippen LogP contribution is -2.47. The lowest BCUT2D eigenvalue weighted by Gasteiger charge is -2.28. The molecule has 2 N–H and O–H groups in total. The van der Waals surface area contributed by atoms with E-state index in [0.29, 0.717) is 6.04 Å². The van der Waals surface area contributed by atoms with Gasteiger partial charge in [0.2, 0.25) is 0 Å². The minimum atomic E-state index is -0.108. The maximum absolute atomic E-state index is 5.47. The molecule has 1 aliphatic rings. The van der Waals surface area contributed by atoms with Gasteiger partial charge in [0.15, 0.2) is 17.5 Å². The molecule has 30 heavy (non-hydrogen) atoms. The zero-order valence-corrected chi connectivity index (χ0v) is 18.7. The number of ether oxygens (including phenoxy) is 2. The molecule has 6 heteroatoms. The van der Waals surface area contributed by atoms with Crippen LogP contribution in [0.1, 0.15) is 25.8 Å². The third-order valence-corrected chi connectivity index (χ3v) is 5.74. The number of guanidine groups is 1. The van der Waals surface area contributed by atoms with Crippen molar-refractivity contribution < 1.29 is 9.47 Å². The van der Waals surface area contributed by atoms with Crippen LogP contribution in [-0.2, 0) is 5.41 Å². The Labute approximate surface area is 180 Å². The van der Waals surface area contributed by atoms with Crippen molar-refractivity contribution in [3.05, 3.63) is 54.1 Å². The first-order valence-corrected chi connectivity index (χ1v) is 10.5. The van der Waals surface area contributed by atoms with Crippen LogP contribution in [0.3, 0.4) is 0 Å². The molecule has 6 nitrogen and oxygen atoms in total. The third-order valence-electron chi connectivity index (χ3n) is 5.74. The molecule has 162 valence electrons. The topological polar surface area (TPSA) is 58.1 Å². The van der Waals surface area contributed by atoms with Gasteiger partial charge in [-0.25, -0.2) is 0 Å². The van der Waals surface area contributed by atoms with Gasteiger partial charge in [-0.3, -0.25) is 4.99 Å². The van der Waals surface area contributed by atoms with Gasteiger partial charge < -0.3 is 25.0 Å². The van der Waals surface area contributed by atoms with Crippen LogP contribution >= 0.6 is 0 Å². The zero-order valence-electron chi connectivity index (χ0n) is 18.7. The monoisotopic (exact) mass is 410 g/mol. The van der Waals surface area contributed by atoms with Gasteiger partial charge in [-0.2, -0.15) is 0 Å². The number of anilines is 1. The molecule has 1 aliphatic heterocycles. The summed E-state index contributed by atoms with van der Waals surface area (Å²) in [5.41, 5.74) is 2.35. The van der Waals surface area contributed by atoms with Crippen molar-refractivity contribution >= 4 is 11.6 Å². The Morgan fingerprint density at radius 2 is 1.83 bits per heavy atom. The average molecular weight is 411 g/mol. The minimum Gasteiger partial charge on any atom is -0.493 e. The summed E-state index contributed by atoms with van der Waals surface area (Å²) in [4.78, 5) is 6.85. The van der Waals surface area contributed by atoms with Gasteiger partial charge in [0.05, 0.1) is 14.2 Å². The van der Waals surface area contributed by atoms with Crippen LogP contribution in [0, 0.1) is 0 Å². The van der Waals surface area contributed by atoms with E-state index in [2.05, 4.69) is 70.8 Å². The summed E-state index contributed by atoms with van der Waals surface area (Å²) in [5, 5.41) is 7.09. The van der Waals surface area contributed by atoms with E-state index in [1.807, 2.05) is 19.2 Å². The molecular weight excluding hydrogens is 376 g/mol. The van der Waals surface area contributed by atoms with Crippen LogP contribution in [0.4, 0.5) is 5.69 Å². The summed E-state index contributed by atoms with van der Waals surface area (Å²) < 4.78 is 10.8. The summed E-state index contributed by atoms with van der Waals surface area (Å²) in [6.07, 6.45) is 1.09. The lowest BCUT2D eigenvalue weighted by molar-refractivity contribution is 0.353. The Morgan fingerprint density at radius 1 is 1.10 bits per heavy atom. The van der Waals surface area contributed by atoms with Gasteiger partial charge in [-0.15, -0.1) is 0 Å². The maximum atomic E-state index is 5.47. The van der Waals surface area contributed by atoms with Crippen molar-refractivity contribution in [2.24, 2.45) is 4.99 Å². The number of rotatable bonds is 7. The first kappa shape index (κ1) is 21.8. The smallest absolute Gasteiger partial charge is 0.191 e. The molecule has 0 radical (unpaired) electrons. The zero-order chi connectivity index (χ0) is 21.6. The fourth-order valence-corrected chi connectivity index (χ4v) is 3.80. The molecule has 1 saturated heterocycles. The van der Waals surface area contributed by atoms with Gasteiger partial charge in [-0.05, 0) is 36.2 Å². The van der Waals surface area contributed by atoms with Crippen molar-refractivity contribution in [3.8, 4) is 11.5 Å². The number of hydrogen-bond donors (Lipinski definition) is 2. The number of aliphatic imine (C=N–C) groups is 1. The van der Waals surface area contributed by atoms with E-state index in [1.165, 1.54) is 11.3 Å². The Hall–Kier alpha value is -2.89. The van der Waals surface area contributed by atoms with Gasteiger partial charge in [-0.1, -0.05) is 38.1 Å². The van der Waals surface area contributed by atoms with Gasteiger partial charge >= 0.3 is 0 Å². The van der Waals surface area contributed by atoms with Crippen molar-refractivity contribution in [1.29, 1.82) is 0 Å². The quantitative estimate of drug-likeness (QED) is 0.541. The van der Waals surface area contributed by atoms with Crippen LogP contribution in [0.5, 0.6) is 11.5 Å². The summed E-state index contributed by atoms with van der Waals surface area (Å²) in [6, 6.07) is 17.0. The molecule has 1 fully saturated rings. The first-order chi connectivity index (χ1) is 14.5. The van der Waals surface area contributed by atoms with Crippen molar-refractivity contribution in [2.75, 3.05) is 45.8 Å². The van der Waals surface area contributed by atoms with Crippen molar-refractivity contribution in [2.45, 2.75) is 31.7 Å². The fraction of sp³-hybridized carbons (Fsp3) is 0.458. The third kappa shape index (κ3) is 5.17. The van der Waals surface area contributed by atoms with E-state index in [4.69, 9.17) is 9.47 Å². The second kappa shape index (κ2) is 9.74. The highest BCUT2D eigenvalue weighted by atomic mass is 16.5. The number of nitrogens with zero attached hydrogens (tertiary/aromatic N) is 2. The standard InChI is InChI=1S/C24H34N4O2/c1-24(2,18-11-12-21(29-4)22(15-18)30-5)17-26-23(25-3)27-19-13-14-28(16-19)20-9-7-6-8-10-20/h6-12,15,19H,13-14,16-17H2,1-5H3,(H2,25,26,27).